The van der Waals surface area contributed by atoms with Crippen LogP contribution in [0.4, 0.5) is 0 Å². The molecule has 4 aromatic rings. The van der Waals surface area contributed by atoms with E-state index >= 15 is 0 Å². The van der Waals surface area contributed by atoms with Gasteiger partial charge in [0, 0.05) is 16.5 Å². The Balaban J connectivity index is 1.69. The van der Waals surface area contributed by atoms with Gasteiger partial charge in [-0.15, -0.1) is 0 Å². The summed E-state index contributed by atoms with van der Waals surface area (Å²) >= 11 is 0. The Bertz CT molecular complexity index is 1210. The maximum atomic E-state index is 12.9. The molecule has 29 heavy (non-hydrogen) atoms. The summed E-state index contributed by atoms with van der Waals surface area (Å²) in [6.45, 7) is 2.03. The molecule has 4 rings (SSSR count). The zero-order valence-electron chi connectivity index (χ0n) is 15.8. The molecule has 0 spiro atoms. The fourth-order valence-corrected chi connectivity index (χ4v) is 3.05. The van der Waals surface area contributed by atoms with Crippen molar-refractivity contribution in [3.05, 3.63) is 95.6 Å². The number of aromatic nitrogens is 1. The van der Waals surface area contributed by atoms with Crippen LogP contribution in [0.15, 0.2) is 84.0 Å². The van der Waals surface area contributed by atoms with Gasteiger partial charge < -0.3 is 5.11 Å². The van der Waals surface area contributed by atoms with Crippen molar-refractivity contribution in [3.8, 4) is 17.0 Å². The highest BCUT2D eigenvalue weighted by molar-refractivity contribution is 6.07. The van der Waals surface area contributed by atoms with Crippen LogP contribution in [-0.2, 0) is 0 Å². The molecular weight excluding hydrogens is 362 g/mol. The molecule has 0 atom stereocenters. The number of fused-ring (bicyclic) bond motifs is 1. The number of phenolic OH excluding ortho intramolecular Hbond substituents is 1. The third kappa shape index (κ3) is 3.99. The van der Waals surface area contributed by atoms with E-state index in [1.54, 1.807) is 30.3 Å². The molecule has 1 amide bonds. The van der Waals surface area contributed by atoms with Crippen molar-refractivity contribution in [1.29, 1.82) is 0 Å². The van der Waals surface area contributed by atoms with E-state index in [4.69, 9.17) is 4.98 Å². The Morgan fingerprint density at radius 2 is 1.72 bits per heavy atom. The van der Waals surface area contributed by atoms with E-state index in [9.17, 15) is 9.90 Å². The molecule has 3 aromatic carbocycles. The summed E-state index contributed by atoms with van der Waals surface area (Å²) < 4.78 is 0. The van der Waals surface area contributed by atoms with Gasteiger partial charge in [0.2, 0.25) is 0 Å². The average Bonchev–Trinajstić information content (AvgIpc) is 2.74. The third-order valence-corrected chi connectivity index (χ3v) is 4.61. The average molecular weight is 381 g/mol. The van der Waals surface area contributed by atoms with Crippen molar-refractivity contribution < 1.29 is 9.90 Å². The normalized spacial score (nSPS) is 11.1. The molecule has 0 aliphatic carbocycles. The van der Waals surface area contributed by atoms with Gasteiger partial charge in [-0.3, -0.25) is 4.79 Å². The number of pyridine rings is 1. The van der Waals surface area contributed by atoms with Crippen LogP contribution >= 0.6 is 0 Å². The summed E-state index contributed by atoms with van der Waals surface area (Å²) in [6.07, 6.45) is 1.41. The monoisotopic (exact) mass is 381 g/mol. The Morgan fingerprint density at radius 1 is 1.00 bits per heavy atom. The smallest absolute Gasteiger partial charge is 0.272 e. The first-order valence-electron chi connectivity index (χ1n) is 9.20. The summed E-state index contributed by atoms with van der Waals surface area (Å²) in [5.74, 6) is -0.245. The lowest BCUT2D eigenvalue weighted by atomic mass is 10.0. The molecule has 1 aromatic heterocycles. The highest BCUT2D eigenvalue weighted by Crippen LogP contribution is 2.25. The summed E-state index contributed by atoms with van der Waals surface area (Å²) in [7, 11) is 0. The quantitative estimate of drug-likeness (QED) is 0.398. The van der Waals surface area contributed by atoms with Crippen molar-refractivity contribution in [3.63, 3.8) is 0 Å². The number of aryl methyl sites for hydroxylation is 1. The summed E-state index contributed by atoms with van der Waals surface area (Å²) in [4.78, 5) is 17.6. The lowest BCUT2D eigenvalue weighted by molar-refractivity contribution is 0.0956. The van der Waals surface area contributed by atoms with E-state index < -0.39 is 0 Å². The van der Waals surface area contributed by atoms with Crippen LogP contribution in [0.3, 0.4) is 0 Å². The van der Waals surface area contributed by atoms with Gasteiger partial charge in [-0.2, -0.15) is 5.10 Å². The molecule has 5 nitrogen and oxygen atoms in total. The van der Waals surface area contributed by atoms with Crippen molar-refractivity contribution >= 4 is 23.0 Å². The number of nitrogens with zero attached hydrogens (tertiary/aromatic N) is 2. The van der Waals surface area contributed by atoms with Gasteiger partial charge >= 0.3 is 0 Å². The molecule has 5 heteroatoms. The van der Waals surface area contributed by atoms with Crippen LogP contribution in [0.5, 0.6) is 5.75 Å². The molecule has 0 unspecified atom stereocenters. The Kier molecular flexibility index (Phi) is 5.03. The molecule has 2 N–H and O–H groups in total. The van der Waals surface area contributed by atoms with Crippen molar-refractivity contribution in [2.75, 3.05) is 0 Å². The van der Waals surface area contributed by atoms with E-state index in [1.807, 2.05) is 55.5 Å². The maximum absolute atomic E-state index is 12.9. The van der Waals surface area contributed by atoms with Crippen LogP contribution in [0.25, 0.3) is 22.2 Å². The van der Waals surface area contributed by atoms with Crippen molar-refractivity contribution in [2.45, 2.75) is 6.92 Å². The second-order valence-corrected chi connectivity index (χ2v) is 6.70. The van der Waals surface area contributed by atoms with Gasteiger partial charge in [-0.25, -0.2) is 10.4 Å². The first-order valence-corrected chi connectivity index (χ1v) is 9.20. The van der Waals surface area contributed by atoms with Gasteiger partial charge in [-0.05, 0) is 31.2 Å². The number of phenols is 1. The molecule has 1 heterocycles. The zero-order valence-corrected chi connectivity index (χ0v) is 15.8. The van der Waals surface area contributed by atoms with Gasteiger partial charge in [-0.1, -0.05) is 60.2 Å². The molecule has 0 bridgehead atoms. The van der Waals surface area contributed by atoms with E-state index in [-0.39, 0.29) is 11.7 Å². The van der Waals surface area contributed by atoms with Crippen LogP contribution in [0.1, 0.15) is 21.5 Å². The van der Waals surface area contributed by atoms with E-state index in [0.29, 0.717) is 11.1 Å². The first kappa shape index (κ1) is 18.4. The molecule has 0 radical (unpaired) electrons. The predicted molar refractivity (Wildman–Crippen MR) is 115 cm³/mol. The number of amides is 1. The second-order valence-electron chi connectivity index (χ2n) is 6.70. The first-order chi connectivity index (χ1) is 14.1. The van der Waals surface area contributed by atoms with E-state index in [1.165, 1.54) is 6.21 Å². The number of hydrazone groups is 1. The number of hydrogen-bond acceptors (Lipinski definition) is 4. The maximum Gasteiger partial charge on any atom is 0.272 e. The fraction of sp³-hybridized carbons (Fsp3) is 0.0417. The zero-order chi connectivity index (χ0) is 20.2. The van der Waals surface area contributed by atoms with Gasteiger partial charge in [0.05, 0.1) is 23.0 Å². The minimum atomic E-state index is -0.344. The number of rotatable bonds is 4. The predicted octanol–water partition coefficient (Wildman–Crippen LogP) is 4.68. The number of aromatic hydroxyl groups is 1. The number of nitrogens with one attached hydrogen (secondary N) is 1. The summed E-state index contributed by atoms with van der Waals surface area (Å²) in [6, 6.07) is 24.1. The topological polar surface area (TPSA) is 74.6 Å². The highest BCUT2D eigenvalue weighted by Gasteiger charge is 2.13. The van der Waals surface area contributed by atoms with Crippen LogP contribution in [0, 0.1) is 6.92 Å². The van der Waals surface area contributed by atoms with Crippen LogP contribution in [0.2, 0.25) is 0 Å². The summed E-state index contributed by atoms with van der Waals surface area (Å²) in [5.41, 5.74) is 7.11. The SMILES string of the molecule is Cc1ccc(-c2cc(C(=O)N/N=C\c3ccccc3O)c3ccccc3n2)cc1. The highest BCUT2D eigenvalue weighted by atomic mass is 16.3. The number of carbonyl (C=O) groups is 1. The molecular formula is C24H19N3O2. The molecule has 0 saturated heterocycles. The third-order valence-electron chi connectivity index (χ3n) is 4.61. The number of para-hydroxylation sites is 2. The number of benzene rings is 3. The lowest BCUT2D eigenvalue weighted by Crippen LogP contribution is -2.18. The minimum absolute atomic E-state index is 0.0986. The van der Waals surface area contributed by atoms with E-state index in [0.717, 1.165) is 27.7 Å². The Hall–Kier alpha value is -3.99. The largest absolute Gasteiger partial charge is 0.507 e. The standard InChI is InChI=1S/C24H19N3O2/c1-16-10-12-17(13-11-16)22-14-20(19-7-3-4-8-21(19)26-22)24(29)27-25-15-18-6-2-5-9-23(18)28/h2-15,28H,1H3,(H,27,29)/b25-15-. The fourth-order valence-electron chi connectivity index (χ4n) is 3.05. The van der Waals surface area contributed by atoms with Crippen LogP contribution < -0.4 is 5.43 Å². The second kappa shape index (κ2) is 7.94. The molecule has 0 saturated carbocycles. The van der Waals surface area contributed by atoms with Crippen molar-refractivity contribution in [1.82, 2.24) is 10.4 Å². The van der Waals surface area contributed by atoms with Crippen LogP contribution in [-0.4, -0.2) is 22.2 Å². The lowest BCUT2D eigenvalue weighted by Gasteiger charge is -2.09. The van der Waals surface area contributed by atoms with Gasteiger partial charge in [0.25, 0.3) is 5.91 Å². The Labute approximate surface area is 168 Å². The van der Waals surface area contributed by atoms with E-state index in [2.05, 4.69) is 10.5 Å². The molecule has 0 fully saturated rings. The molecule has 0 aliphatic heterocycles. The van der Waals surface area contributed by atoms with Gasteiger partial charge in [0.15, 0.2) is 0 Å². The molecule has 0 aliphatic rings. The molecule has 142 valence electrons. The van der Waals surface area contributed by atoms with Gasteiger partial charge in [0.1, 0.15) is 5.75 Å². The summed E-state index contributed by atoms with van der Waals surface area (Å²) in [5, 5.41) is 14.5. The number of carbonyl (C=O) groups excluding carboxylic acids is 1. The number of hydrogen-bond donors (Lipinski definition) is 2. The Morgan fingerprint density at radius 3 is 2.52 bits per heavy atom. The minimum Gasteiger partial charge on any atom is -0.507 e. The van der Waals surface area contributed by atoms with Crippen molar-refractivity contribution in [2.24, 2.45) is 5.10 Å².